The van der Waals surface area contributed by atoms with Crippen LogP contribution in [-0.2, 0) is 14.9 Å². The van der Waals surface area contributed by atoms with Crippen LogP contribution in [0.25, 0.3) is 11.1 Å². The van der Waals surface area contributed by atoms with Gasteiger partial charge in [0.05, 0.1) is 11.0 Å². The van der Waals surface area contributed by atoms with Crippen molar-refractivity contribution in [1.82, 2.24) is 9.88 Å². The van der Waals surface area contributed by atoms with E-state index < -0.39 is 17.0 Å². The van der Waals surface area contributed by atoms with E-state index in [-0.39, 0.29) is 23.6 Å². The summed E-state index contributed by atoms with van der Waals surface area (Å²) in [6.07, 6.45) is 4.69. The first kappa shape index (κ1) is 27.0. The predicted molar refractivity (Wildman–Crippen MR) is 149 cm³/mol. The van der Waals surface area contributed by atoms with Crippen molar-refractivity contribution in [2.75, 3.05) is 36.0 Å². The summed E-state index contributed by atoms with van der Waals surface area (Å²) in [4.78, 5) is 48.9. The highest BCUT2D eigenvalue weighted by molar-refractivity contribution is 6.12. The molecule has 3 aliphatic rings. The average molecular weight is 535 g/mol. The molecule has 0 unspecified atom stereocenters. The fourth-order valence-corrected chi connectivity index (χ4v) is 6.25. The van der Waals surface area contributed by atoms with Crippen molar-refractivity contribution in [3.63, 3.8) is 0 Å². The van der Waals surface area contributed by atoms with Crippen LogP contribution in [0.5, 0.6) is 0 Å². The maximum atomic E-state index is 13.7. The minimum Gasteiger partial charge on any atom is -0.478 e. The second-order valence-electron chi connectivity index (χ2n) is 12.1. The zero-order chi connectivity index (χ0) is 28.1. The van der Waals surface area contributed by atoms with E-state index in [0.717, 1.165) is 29.8 Å². The van der Waals surface area contributed by atoms with Crippen molar-refractivity contribution in [2.24, 2.45) is 0 Å². The number of amides is 2. The lowest BCUT2D eigenvalue weighted by Gasteiger charge is -2.36. The average Bonchev–Trinajstić information content (AvgIpc) is 3.46. The molecule has 1 spiro atoms. The van der Waals surface area contributed by atoms with Gasteiger partial charge in [0.1, 0.15) is 11.4 Å². The number of piperazine rings is 1. The SMILES string of the molecule is CC(C)N1C(=O)C2(CCCC2)c2c(C(=O)O)cc(-c3ccc(N4CCN(C(=O)OC(C)(C)C)CC4)nc3)cc21. The molecule has 39 heavy (non-hydrogen) atoms. The van der Waals surface area contributed by atoms with Gasteiger partial charge in [0.15, 0.2) is 0 Å². The molecule has 1 aliphatic carbocycles. The molecule has 0 atom stereocenters. The Kier molecular flexibility index (Phi) is 6.81. The summed E-state index contributed by atoms with van der Waals surface area (Å²) < 4.78 is 5.49. The Morgan fingerprint density at radius 2 is 1.69 bits per heavy atom. The number of aromatic carboxylic acids is 1. The molecule has 2 amide bonds. The molecule has 208 valence electrons. The lowest BCUT2D eigenvalue weighted by atomic mass is 9.77. The van der Waals surface area contributed by atoms with E-state index >= 15 is 0 Å². The molecule has 1 N–H and O–H groups in total. The molecule has 1 saturated heterocycles. The highest BCUT2D eigenvalue weighted by Crippen LogP contribution is 2.54. The molecular formula is C30H38N4O5. The Bertz CT molecular complexity index is 1280. The quantitative estimate of drug-likeness (QED) is 0.584. The number of ether oxygens (including phenoxy) is 1. The highest BCUT2D eigenvalue weighted by atomic mass is 16.6. The third kappa shape index (κ3) is 4.83. The number of hydrogen-bond donors (Lipinski definition) is 1. The van der Waals surface area contributed by atoms with Crippen molar-refractivity contribution in [2.45, 2.75) is 77.4 Å². The van der Waals surface area contributed by atoms with Crippen LogP contribution in [-0.4, -0.2) is 70.8 Å². The van der Waals surface area contributed by atoms with Crippen LogP contribution in [0.15, 0.2) is 30.5 Å². The van der Waals surface area contributed by atoms with Crippen LogP contribution in [0.2, 0.25) is 0 Å². The van der Waals surface area contributed by atoms with Crippen LogP contribution in [0.3, 0.4) is 0 Å². The number of carboxylic acid groups (broad SMARTS) is 1. The van der Waals surface area contributed by atoms with Crippen molar-refractivity contribution < 1.29 is 24.2 Å². The van der Waals surface area contributed by atoms with Crippen molar-refractivity contribution in [1.29, 1.82) is 0 Å². The van der Waals surface area contributed by atoms with Gasteiger partial charge in [-0.25, -0.2) is 14.6 Å². The van der Waals surface area contributed by atoms with E-state index in [2.05, 4.69) is 9.88 Å². The molecular weight excluding hydrogens is 496 g/mol. The zero-order valence-electron chi connectivity index (χ0n) is 23.5. The zero-order valence-corrected chi connectivity index (χ0v) is 23.5. The number of aromatic nitrogens is 1. The Morgan fingerprint density at radius 1 is 1.03 bits per heavy atom. The number of carbonyl (C=O) groups is 3. The Hall–Kier alpha value is -3.62. The molecule has 0 bridgehead atoms. The Labute approximate surface area is 229 Å². The minimum atomic E-state index is -1.01. The highest BCUT2D eigenvalue weighted by Gasteiger charge is 2.54. The van der Waals surface area contributed by atoms with Crippen LogP contribution < -0.4 is 9.80 Å². The Balaban J connectivity index is 1.40. The Morgan fingerprint density at radius 3 is 2.23 bits per heavy atom. The van der Waals surface area contributed by atoms with Crippen molar-refractivity contribution in [3.8, 4) is 11.1 Å². The molecule has 2 aromatic rings. The third-order valence-corrected chi connectivity index (χ3v) is 8.02. The number of benzene rings is 1. The molecule has 3 heterocycles. The van der Waals surface area contributed by atoms with E-state index in [4.69, 9.17) is 4.74 Å². The number of rotatable bonds is 4. The molecule has 2 fully saturated rings. The number of carboxylic acids is 1. The van der Waals surface area contributed by atoms with Gasteiger partial charge in [0, 0.05) is 55.2 Å². The molecule has 5 rings (SSSR count). The maximum Gasteiger partial charge on any atom is 0.410 e. The summed E-state index contributed by atoms with van der Waals surface area (Å²) in [5.41, 5.74) is 1.88. The summed E-state index contributed by atoms with van der Waals surface area (Å²) in [7, 11) is 0. The number of anilines is 2. The first-order valence-corrected chi connectivity index (χ1v) is 13.9. The van der Waals surface area contributed by atoms with Crippen LogP contribution in [0, 0.1) is 0 Å². The van der Waals surface area contributed by atoms with Gasteiger partial charge in [-0.1, -0.05) is 12.8 Å². The van der Waals surface area contributed by atoms with Crippen LogP contribution >= 0.6 is 0 Å². The topological polar surface area (TPSA) is 103 Å². The number of pyridine rings is 1. The second kappa shape index (κ2) is 9.84. The number of fused-ring (bicyclic) bond motifs is 2. The summed E-state index contributed by atoms with van der Waals surface area (Å²) in [6, 6.07) is 7.46. The molecule has 2 aliphatic heterocycles. The number of carbonyl (C=O) groups excluding carboxylic acids is 2. The molecule has 9 nitrogen and oxygen atoms in total. The fourth-order valence-electron chi connectivity index (χ4n) is 6.25. The van der Waals surface area contributed by atoms with Gasteiger partial charge in [-0.05, 0) is 77.3 Å². The van der Waals surface area contributed by atoms with Gasteiger partial charge in [-0.15, -0.1) is 0 Å². The minimum absolute atomic E-state index is 0.0312. The van der Waals surface area contributed by atoms with Gasteiger partial charge < -0.3 is 24.5 Å². The monoisotopic (exact) mass is 534 g/mol. The number of nitrogens with zero attached hydrogens (tertiary/aromatic N) is 4. The summed E-state index contributed by atoms with van der Waals surface area (Å²) in [5.74, 6) is -0.181. The smallest absolute Gasteiger partial charge is 0.410 e. The van der Waals surface area contributed by atoms with Crippen molar-refractivity contribution in [3.05, 3.63) is 41.6 Å². The molecule has 9 heteroatoms. The fraction of sp³-hybridized carbons (Fsp3) is 0.533. The summed E-state index contributed by atoms with van der Waals surface area (Å²) in [5, 5.41) is 10.2. The van der Waals surface area contributed by atoms with Gasteiger partial charge in [0.25, 0.3) is 0 Å². The van der Waals surface area contributed by atoms with E-state index in [1.54, 1.807) is 22.1 Å². The van der Waals surface area contributed by atoms with Crippen LogP contribution in [0.1, 0.15) is 76.2 Å². The van der Waals surface area contributed by atoms with Gasteiger partial charge >= 0.3 is 12.1 Å². The normalized spacial score (nSPS) is 18.7. The molecule has 0 radical (unpaired) electrons. The predicted octanol–water partition coefficient (Wildman–Crippen LogP) is 5.07. The summed E-state index contributed by atoms with van der Waals surface area (Å²) >= 11 is 0. The van der Waals surface area contributed by atoms with Gasteiger partial charge in [-0.3, -0.25) is 4.79 Å². The van der Waals surface area contributed by atoms with Crippen LogP contribution in [0.4, 0.5) is 16.3 Å². The van der Waals surface area contributed by atoms with E-state index in [1.165, 1.54) is 0 Å². The summed E-state index contributed by atoms with van der Waals surface area (Å²) in [6.45, 7) is 11.9. The van der Waals surface area contributed by atoms with Gasteiger partial charge in [-0.2, -0.15) is 0 Å². The second-order valence-corrected chi connectivity index (χ2v) is 12.1. The van der Waals surface area contributed by atoms with E-state index in [1.807, 2.05) is 52.8 Å². The first-order valence-electron chi connectivity index (χ1n) is 13.9. The first-order chi connectivity index (χ1) is 18.4. The molecule has 1 saturated carbocycles. The van der Waals surface area contributed by atoms with Crippen molar-refractivity contribution >= 4 is 29.5 Å². The lowest BCUT2D eigenvalue weighted by molar-refractivity contribution is -0.123. The maximum absolute atomic E-state index is 13.7. The van der Waals surface area contributed by atoms with E-state index in [0.29, 0.717) is 50.3 Å². The molecule has 1 aromatic carbocycles. The third-order valence-electron chi connectivity index (χ3n) is 8.02. The largest absolute Gasteiger partial charge is 0.478 e. The molecule has 1 aromatic heterocycles. The van der Waals surface area contributed by atoms with E-state index in [9.17, 15) is 19.5 Å². The lowest BCUT2D eigenvalue weighted by Crippen LogP contribution is -2.50. The standard InChI is InChI=1S/C30H38N4O5/c1-19(2)34-23-17-21(16-22(26(35)36)25(23)30(27(34)37)10-6-7-11-30)20-8-9-24(31-18-20)32-12-14-33(15-13-32)28(38)39-29(3,4)5/h8-9,16-19H,6-7,10-15H2,1-5H3,(H,35,36). The number of hydrogen-bond acceptors (Lipinski definition) is 6. The van der Waals surface area contributed by atoms with Gasteiger partial charge in [0.2, 0.25) is 5.91 Å².